The molecule has 1 aliphatic heterocycles. The quantitative estimate of drug-likeness (QED) is 0.740. The first-order chi connectivity index (χ1) is 11.9. The maximum Gasteiger partial charge on any atom is 0.136 e. The van der Waals surface area contributed by atoms with Gasteiger partial charge in [0, 0.05) is 23.0 Å². The van der Waals surface area contributed by atoms with E-state index in [9.17, 15) is 4.79 Å². The van der Waals surface area contributed by atoms with E-state index in [4.69, 9.17) is 4.98 Å². The zero-order valence-corrected chi connectivity index (χ0v) is 16.5. The van der Waals surface area contributed by atoms with Crippen molar-refractivity contribution < 1.29 is 4.79 Å². The lowest BCUT2D eigenvalue weighted by molar-refractivity contribution is -0.116. The molecular weight excluding hydrogens is 328 g/mol. The van der Waals surface area contributed by atoms with Crippen molar-refractivity contribution in [2.24, 2.45) is 5.92 Å². The van der Waals surface area contributed by atoms with Gasteiger partial charge in [-0.1, -0.05) is 37.6 Å². The lowest BCUT2D eigenvalue weighted by Gasteiger charge is -2.27. The molecule has 1 aromatic carbocycles. The molecule has 25 heavy (non-hydrogen) atoms. The van der Waals surface area contributed by atoms with E-state index >= 15 is 0 Å². The van der Waals surface area contributed by atoms with E-state index in [1.165, 1.54) is 28.8 Å². The Morgan fingerprint density at radius 2 is 2.20 bits per heavy atom. The summed E-state index contributed by atoms with van der Waals surface area (Å²) in [4.78, 5) is 20.3. The molecule has 2 heterocycles. The molecule has 0 bridgehead atoms. The Balaban J connectivity index is 1.93. The summed E-state index contributed by atoms with van der Waals surface area (Å²) in [5, 5.41) is 0.944. The van der Waals surface area contributed by atoms with E-state index in [-0.39, 0.29) is 5.78 Å². The van der Waals surface area contributed by atoms with Crippen molar-refractivity contribution in [1.29, 1.82) is 0 Å². The van der Waals surface area contributed by atoms with Gasteiger partial charge in [0.2, 0.25) is 0 Å². The molecule has 1 fully saturated rings. The minimum absolute atomic E-state index is 0.178. The summed E-state index contributed by atoms with van der Waals surface area (Å²) >= 11 is 1.72. The highest BCUT2D eigenvalue weighted by atomic mass is 32.1. The fraction of sp³-hybridized carbons (Fsp3) is 0.524. The molecule has 1 atom stereocenters. The first kappa shape index (κ1) is 18.3. The van der Waals surface area contributed by atoms with E-state index in [0.29, 0.717) is 18.4 Å². The number of hydrogen-bond acceptors (Lipinski definition) is 4. The molecule has 1 aromatic heterocycles. The van der Waals surface area contributed by atoms with Crippen molar-refractivity contribution >= 4 is 17.1 Å². The lowest BCUT2D eigenvalue weighted by Crippen LogP contribution is -2.32. The van der Waals surface area contributed by atoms with Crippen molar-refractivity contribution in [2.45, 2.75) is 59.5 Å². The van der Waals surface area contributed by atoms with Crippen molar-refractivity contribution in [1.82, 2.24) is 9.88 Å². The lowest BCUT2D eigenvalue weighted by atomic mass is 10.0. The van der Waals surface area contributed by atoms with Gasteiger partial charge in [0.25, 0.3) is 0 Å². The van der Waals surface area contributed by atoms with Crippen LogP contribution < -0.4 is 0 Å². The predicted molar refractivity (Wildman–Crippen MR) is 105 cm³/mol. The monoisotopic (exact) mass is 356 g/mol. The number of aromatic nitrogens is 1. The Hall–Kier alpha value is -1.52. The van der Waals surface area contributed by atoms with Crippen LogP contribution in [0.25, 0.3) is 11.3 Å². The van der Waals surface area contributed by atoms with Crippen molar-refractivity contribution in [3.8, 4) is 11.3 Å². The van der Waals surface area contributed by atoms with Gasteiger partial charge in [-0.2, -0.15) is 0 Å². The average Bonchev–Trinajstić information content (AvgIpc) is 3.14. The smallest absolute Gasteiger partial charge is 0.136 e. The highest BCUT2D eigenvalue weighted by Crippen LogP contribution is 2.33. The second-order valence-electron chi connectivity index (χ2n) is 7.55. The van der Waals surface area contributed by atoms with Crippen LogP contribution in [0.3, 0.4) is 0 Å². The third kappa shape index (κ3) is 4.36. The molecule has 1 saturated heterocycles. The van der Waals surface area contributed by atoms with Crippen LogP contribution in [-0.2, 0) is 17.8 Å². The van der Waals surface area contributed by atoms with E-state index in [1.807, 2.05) is 0 Å². The maximum absolute atomic E-state index is 11.6. The third-order valence-corrected chi connectivity index (χ3v) is 6.00. The number of ketones is 1. The van der Waals surface area contributed by atoms with Gasteiger partial charge in [0.15, 0.2) is 0 Å². The molecule has 0 unspecified atom stereocenters. The van der Waals surface area contributed by atoms with Crippen LogP contribution in [0.2, 0.25) is 0 Å². The van der Waals surface area contributed by atoms with Gasteiger partial charge in [0.1, 0.15) is 10.8 Å². The third-order valence-electron chi connectivity index (χ3n) is 4.96. The Bertz CT molecular complexity index is 750. The van der Waals surface area contributed by atoms with E-state index in [0.717, 1.165) is 23.8 Å². The molecule has 134 valence electrons. The molecule has 0 aliphatic carbocycles. The van der Waals surface area contributed by atoms with Crippen LogP contribution in [0.4, 0.5) is 0 Å². The summed E-state index contributed by atoms with van der Waals surface area (Å²) in [7, 11) is 0. The van der Waals surface area contributed by atoms with Crippen LogP contribution in [0.5, 0.6) is 0 Å². The zero-order valence-electron chi connectivity index (χ0n) is 15.7. The molecule has 0 saturated carbocycles. The second kappa shape index (κ2) is 7.79. The molecule has 0 amide bonds. The summed E-state index contributed by atoms with van der Waals surface area (Å²) in [6.07, 6.45) is 3.01. The SMILES string of the molecule is CC(=O)Cc1nc(-c2cccc(C)c2)c(CN2CCC[C@H]2C(C)C)s1. The Morgan fingerprint density at radius 1 is 1.40 bits per heavy atom. The number of nitrogens with zero attached hydrogens (tertiary/aromatic N) is 2. The van der Waals surface area contributed by atoms with Crippen LogP contribution in [0, 0.1) is 12.8 Å². The summed E-state index contributed by atoms with van der Waals surface area (Å²) in [6, 6.07) is 9.18. The number of likely N-dealkylation sites (tertiary alicyclic amines) is 1. The largest absolute Gasteiger partial charge is 0.300 e. The number of benzene rings is 1. The normalized spacial score (nSPS) is 18.2. The van der Waals surface area contributed by atoms with Gasteiger partial charge < -0.3 is 0 Å². The highest BCUT2D eigenvalue weighted by Gasteiger charge is 2.28. The molecule has 0 spiro atoms. The predicted octanol–water partition coefficient (Wildman–Crippen LogP) is 4.87. The second-order valence-corrected chi connectivity index (χ2v) is 8.72. The number of aryl methyl sites for hydroxylation is 1. The van der Waals surface area contributed by atoms with E-state index < -0.39 is 0 Å². The van der Waals surface area contributed by atoms with Crippen LogP contribution in [0.1, 0.15) is 49.1 Å². The van der Waals surface area contributed by atoms with Gasteiger partial charge in [0.05, 0.1) is 12.1 Å². The van der Waals surface area contributed by atoms with E-state index in [1.54, 1.807) is 18.3 Å². The number of Topliss-reactive ketones (excluding diaryl/α,β-unsaturated/α-hetero) is 1. The fourth-order valence-corrected chi connectivity index (χ4v) is 4.99. The van der Waals surface area contributed by atoms with Gasteiger partial charge in [-0.15, -0.1) is 11.3 Å². The number of carbonyl (C=O) groups is 1. The average molecular weight is 357 g/mol. The number of thiazole rings is 1. The van der Waals surface area contributed by atoms with Gasteiger partial charge >= 0.3 is 0 Å². The van der Waals surface area contributed by atoms with Gasteiger partial charge in [-0.25, -0.2) is 4.98 Å². The Labute approximate surface area is 155 Å². The van der Waals surface area contributed by atoms with Crippen molar-refractivity contribution in [3.63, 3.8) is 0 Å². The number of rotatable bonds is 6. The maximum atomic E-state index is 11.6. The number of carbonyl (C=O) groups excluding carboxylic acids is 1. The van der Waals surface area contributed by atoms with Gasteiger partial charge in [-0.05, 0) is 45.2 Å². The summed E-state index contributed by atoms with van der Waals surface area (Å²) < 4.78 is 0. The molecule has 1 aliphatic rings. The van der Waals surface area contributed by atoms with Crippen LogP contribution in [-0.4, -0.2) is 28.3 Å². The minimum Gasteiger partial charge on any atom is -0.300 e. The van der Waals surface area contributed by atoms with E-state index in [2.05, 4.69) is 49.9 Å². The summed E-state index contributed by atoms with van der Waals surface area (Å²) in [5.74, 6) is 0.854. The molecule has 4 heteroatoms. The molecule has 3 nitrogen and oxygen atoms in total. The van der Waals surface area contributed by atoms with Crippen LogP contribution in [0.15, 0.2) is 24.3 Å². The first-order valence-electron chi connectivity index (χ1n) is 9.23. The Morgan fingerprint density at radius 3 is 2.88 bits per heavy atom. The van der Waals surface area contributed by atoms with Crippen LogP contribution >= 0.6 is 11.3 Å². The minimum atomic E-state index is 0.178. The van der Waals surface area contributed by atoms with Gasteiger partial charge in [-0.3, -0.25) is 9.69 Å². The zero-order chi connectivity index (χ0) is 18.0. The van der Waals surface area contributed by atoms with Crippen molar-refractivity contribution in [2.75, 3.05) is 6.54 Å². The summed E-state index contributed by atoms with van der Waals surface area (Å²) in [6.45, 7) is 10.5. The molecule has 2 aromatic rings. The first-order valence-corrected chi connectivity index (χ1v) is 10.0. The standard InChI is InChI=1S/C21H28N2OS/c1-14(2)18-9-6-10-23(18)13-19-21(17-8-5-7-15(3)11-17)22-20(25-19)12-16(4)24/h5,7-8,11,14,18H,6,9-10,12-13H2,1-4H3/t18-/m0/s1. The number of hydrogen-bond donors (Lipinski definition) is 0. The molecule has 3 rings (SSSR count). The summed E-state index contributed by atoms with van der Waals surface area (Å²) in [5.41, 5.74) is 3.48. The molecular formula is C21H28N2OS. The van der Waals surface area contributed by atoms with Crippen molar-refractivity contribution in [3.05, 3.63) is 39.7 Å². The fourth-order valence-electron chi connectivity index (χ4n) is 3.80. The highest BCUT2D eigenvalue weighted by molar-refractivity contribution is 7.12. The Kier molecular flexibility index (Phi) is 5.70. The topological polar surface area (TPSA) is 33.2 Å². The molecule has 0 radical (unpaired) electrons. The molecule has 0 N–H and O–H groups in total.